The lowest BCUT2D eigenvalue weighted by molar-refractivity contribution is -0.128. The van der Waals surface area contributed by atoms with Crippen molar-refractivity contribution >= 4 is 5.91 Å². The summed E-state index contributed by atoms with van der Waals surface area (Å²) < 4.78 is 9.97. The number of amides is 1. The van der Waals surface area contributed by atoms with Crippen molar-refractivity contribution in [3.63, 3.8) is 0 Å². The number of carbonyl (C=O) groups excluding carboxylic acids is 1. The molecule has 1 unspecified atom stereocenters. The fourth-order valence-electron chi connectivity index (χ4n) is 1.12. The summed E-state index contributed by atoms with van der Waals surface area (Å²) in [6.07, 6.45) is 0.165. The highest BCUT2D eigenvalue weighted by Gasteiger charge is 2.22. The topological polar surface area (TPSA) is 47.6 Å². The van der Waals surface area contributed by atoms with Gasteiger partial charge in [-0.3, -0.25) is 4.79 Å². The van der Waals surface area contributed by atoms with Crippen LogP contribution >= 0.6 is 0 Å². The van der Waals surface area contributed by atoms with Crippen molar-refractivity contribution in [2.45, 2.75) is 40.4 Å². The quantitative estimate of drug-likeness (QED) is 0.709. The SMILES string of the molecule is COC(CNC(=O)CC(C)C(C)(C)C)OC. The Kier molecular flexibility index (Phi) is 6.60. The first-order chi connectivity index (χ1) is 7.31. The van der Waals surface area contributed by atoms with Crippen LogP contribution < -0.4 is 5.32 Å². The van der Waals surface area contributed by atoms with Crippen LogP contribution in [0.3, 0.4) is 0 Å². The van der Waals surface area contributed by atoms with E-state index in [0.717, 1.165) is 0 Å². The summed E-state index contributed by atoms with van der Waals surface area (Å²) in [5.41, 5.74) is 0.152. The molecule has 1 N–H and O–H groups in total. The summed E-state index contributed by atoms with van der Waals surface area (Å²) >= 11 is 0. The van der Waals surface area contributed by atoms with Gasteiger partial charge in [0.2, 0.25) is 5.91 Å². The lowest BCUT2D eigenvalue weighted by Gasteiger charge is -2.26. The van der Waals surface area contributed by atoms with Crippen LogP contribution in [0.2, 0.25) is 0 Å². The second kappa shape index (κ2) is 6.86. The van der Waals surface area contributed by atoms with Crippen LogP contribution in [0, 0.1) is 11.3 Å². The summed E-state index contributed by atoms with van der Waals surface area (Å²) in [7, 11) is 3.11. The van der Waals surface area contributed by atoms with Gasteiger partial charge in [-0.15, -0.1) is 0 Å². The van der Waals surface area contributed by atoms with Crippen LogP contribution in [0.15, 0.2) is 0 Å². The smallest absolute Gasteiger partial charge is 0.220 e. The predicted molar refractivity (Wildman–Crippen MR) is 64.1 cm³/mol. The molecule has 0 aromatic rings. The Bertz CT molecular complexity index is 207. The number of hydrogen-bond acceptors (Lipinski definition) is 3. The second-order valence-corrected chi connectivity index (χ2v) is 5.18. The van der Waals surface area contributed by atoms with Crippen LogP contribution in [0.25, 0.3) is 0 Å². The van der Waals surface area contributed by atoms with Crippen LogP contribution in [0.1, 0.15) is 34.1 Å². The second-order valence-electron chi connectivity index (χ2n) is 5.18. The highest BCUT2D eigenvalue weighted by atomic mass is 16.7. The summed E-state index contributed by atoms with van der Waals surface area (Å²) in [5, 5.41) is 2.80. The average Bonchev–Trinajstić information content (AvgIpc) is 2.17. The third-order valence-corrected chi connectivity index (χ3v) is 2.96. The molecular weight excluding hydrogens is 206 g/mol. The summed E-state index contributed by atoms with van der Waals surface area (Å²) in [4.78, 5) is 11.6. The number of carbonyl (C=O) groups is 1. The summed E-state index contributed by atoms with van der Waals surface area (Å²) in [6.45, 7) is 8.89. The van der Waals surface area contributed by atoms with Crippen LogP contribution in [-0.2, 0) is 14.3 Å². The van der Waals surface area contributed by atoms with Gasteiger partial charge < -0.3 is 14.8 Å². The van der Waals surface area contributed by atoms with Gasteiger partial charge in [-0.1, -0.05) is 27.7 Å². The van der Waals surface area contributed by atoms with Gasteiger partial charge in [0.25, 0.3) is 0 Å². The Morgan fingerprint density at radius 3 is 2.12 bits per heavy atom. The van der Waals surface area contributed by atoms with Gasteiger partial charge >= 0.3 is 0 Å². The minimum Gasteiger partial charge on any atom is -0.354 e. The van der Waals surface area contributed by atoms with E-state index in [1.54, 1.807) is 14.2 Å². The minimum atomic E-state index is -0.367. The summed E-state index contributed by atoms with van der Waals surface area (Å²) in [5.74, 6) is 0.387. The zero-order chi connectivity index (χ0) is 12.8. The van der Waals surface area contributed by atoms with E-state index in [1.165, 1.54) is 0 Å². The fourth-order valence-corrected chi connectivity index (χ4v) is 1.12. The zero-order valence-electron chi connectivity index (χ0n) is 11.3. The molecule has 4 heteroatoms. The van der Waals surface area contributed by atoms with E-state index in [1.807, 2.05) is 0 Å². The van der Waals surface area contributed by atoms with E-state index in [0.29, 0.717) is 18.9 Å². The normalized spacial score (nSPS) is 13.9. The van der Waals surface area contributed by atoms with Gasteiger partial charge in [-0.05, 0) is 11.3 Å². The van der Waals surface area contributed by atoms with Gasteiger partial charge in [0.15, 0.2) is 6.29 Å². The lowest BCUT2D eigenvalue weighted by Crippen LogP contribution is -2.36. The van der Waals surface area contributed by atoms with Crippen LogP contribution in [-0.4, -0.2) is 33.0 Å². The van der Waals surface area contributed by atoms with Gasteiger partial charge in [-0.25, -0.2) is 0 Å². The molecule has 0 aliphatic heterocycles. The molecule has 0 heterocycles. The van der Waals surface area contributed by atoms with E-state index >= 15 is 0 Å². The molecule has 1 amide bonds. The van der Waals surface area contributed by atoms with Crippen LogP contribution in [0.4, 0.5) is 0 Å². The van der Waals surface area contributed by atoms with Gasteiger partial charge in [-0.2, -0.15) is 0 Å². The van der Waals surface area contributed by atoms with Crippen molar-refractivity contribution in [2.75, 3.05) is 20.8 Å². The number of hydrogen-bond donors (Lipinski definition) is 1. The average molecular weight is 231 g/mol. The molecule has 0 bridgehead atoms. The molecule has 0 saturated heterocycles. The van der Waals surface area contributed by atoms with Gasteiger partial charge in [0.1, 0.15) is 0 Å². The largest absolute Gasteiger partial charge is 0.354 e. The first kappa shape index (κ1) is 15.4. The zero-order valence-corrected chi connectivity index (χ0v) is 11.3. The number of ether oxygens (including phenoxy) is 2. The van der Waals surface area contributed by atoms with Crippen molar-refractivity contribution in [3.05, 3.63) is 0 Å². The maximum atomic E-state index is 11.6. The molecule has 96 valence electrons. The molecular formula is C12H25NO3. The Morgan fingerprint density at radius 1 is 1.25 bits per heavy atom. The predicted octanol–water partition coefficient (Wildman–Crippen LogP) is 1.79. The lowest BCUT2D eigenvalue weighted by atomic mass is 9.80. The first-order valence-corrected chi connectivity index (χ1v) is 5.63. The number of methoxy groups -OCH3 is 2. The maximum absolute atomic E-state index is 11.6. The third-order valence-electron chi connectivity index (χ3n) is 2.96. The van der Waals surface area contributed by atoms with E-state index in [4.69, 9.17) is 9.47 Å². The van der Waals surface area contributed by atoms with Gasteiger partial charge in [0, 0.05) is 20.6 Å². The standard InChI is InChI=1S/C12H25NO3/c1-9(12(2,3)4)7-10(14)13-8-11(15-5)16-6/h9,11H,7-8H2,1-6H3,(H,13,14). The molecule has 16 heavy (non-hydrogen) atoms. The van der Waals surface area contributed by atoms with Crippen molar-refractivity contribution in [2.24, 2.45) is 11.3 Å². The maximum Gasteiger partial charge on any atom is 0.220 e. The first-order valence-electron chi connectivity index (χ1n) is 5.63. The third kappa shape index (κ3) is 6.08. The molecule has 0 aliphatic carbocycles. The van der Waals surface area contributed by atoms with E-state index in [2.05, 4.69) is 33.0 Å². The van der Waals surface area contributed by atoms with Crippen molar-refractivity contribution in [1.29, 1.82) is 0 Å². The van der Waals surface area contributed by atoms with E-state index < -0.39 is 0 Å². The van der Waals surface area contributed by atoms with Crippen molar-refractivity contribution in [1.82, 2.24) is 5.32 Å². The van der Waals surface area contributed by atoms with E-state index in [-0.39, 0.29) is 17.6 Å². The molecule has 0 aromatic heterocycles. The summed E-state index contributed by atoms with van der Waals surface area (Å²) in [6, 6.07) is 0. The number of nitrogens with one attached hydrogen (secondary N) is 1. The number of rotatable bonds is 6. The Labute approximate surface area is 98.7 Å². The molecule has 0 aliphatic rings. The Hall–Kier alpha value is -0.610. The Balaban J connectivity index is 3.91. The van der Waals surface area contributed by atoms with E-state index in [9.17, 15) is 4.79 Å². The molecule has 0 rings (SSSR count). The molecule has 0 fully saturated rings. The Morgan fingerprint density at radius 2 is 1.75 bits per heavy atom. The highest BCUT2D eigenvalue weighted by Crippen LogP contribution is 2.27. The molecule has 0 aromatic carbocycles. The van der Waals surface area contributed by atoms with Gasteiger partial charge in [0.05, 0.1) is 6.54 Å². The monoisotopic (exact) mass is 231 g/mol. The van der Waals surface area contributed by atoms with Crippen molar-refractivity contribution < 1.29 is 14.3 Å². The fraction of sp³-hybridized carbons (Fsp3) is 0.917. The molecule has 1 atom stereocenters. The minimum absolute atomic E-state index is 0.0431. The highest BCUT2D eigenvalue weighted by molar-refractivity contribution is 5.76. The molecule has 0 radical (unpaired) electrons. The molecule has 0 saturated carbocycles. The molecule has 4 nitrogen and oxygen atoms in total. The molecule has 0 spiro atoms. The van der Waals surface area contributed by atoms with Crippen molar-refractivity contribution in [3.8, 4) is 0 Å². The van der Waals surface area contributed by atoms with Crippen LogP contribution in [0.5, 0.6) is 0 Å².